The number of fused-ring (bicyclic) bond motifs is 2. The van der Waals surface area contributed by atoms with E-state index in [-0.39, 0.29) is 5.66 Å². The van der Waals surface area contributed by atoms with Gasteiger partial charge in [0.25, 0.3) is 5.85 Å². The van der Waals surface area contributed by atoms with Gasteiger partial charge >= 0.3 is 0 Å². The quantitative estimate of drug-likeness (QED) is 0.478. The van der Waals surface area contributed by atoms with Crippen LogP contribution < -0.4 is 0 Å². The van der Waals surface area contributed by atoms with Crippen molar-refractivity contribution in [3.8, 4) is 0 Å². The third-order valence-electron chi connectivity index (χ3n) is 2.63. The fourth-order valence-corrected chi connectivity index (χ4v) is 4.63. The molecule has 1 unspecified atom stereocenters. The van der Waals surface area contributed by atoms with Gasteiger partial charge in [-0.25, -0.2) is 0 Å². The molecular weight excluding hydrogens is 202 g/mol. The van der Waals surface area contributed by atoms with Crippen LogP contribution in [0.3, 0.4) is 0 Å². The summed E-state index contributed by atoms with van der Waals surface area (Å²) in [6, 6.07) is 0. The van der Waals surface area contributed by atoms with Crippen LogP contribution in [0.5, 0.6) is 0 Å². The van der Waals surface area contributed by atoms with E-state index in [0.717, 1.165) is 12.8 Å². The zero-order valence-electron chi connectivity index (χ0n) is 5.91. The summed E-state index contributed by atoms with van der Waals surface area (Å²) in [5, 5.41) is 0. The second-order valence-electron chi connectivity index (χ2n) is 3.35. The molecule has 0 aromatic rings. The number of hydrogen-bond acceptors (Lipinski definition) is 1. The molecule has 0 radical (unpaired) electrons. The van der Waals surface area contributed by atoms with E-state index in [4.69, 9.17) is 22.5 Å². The maximum atomic E-state index is 11.3. The minimum Gasteiger partial charge on any atom is -0.289 e. The third-order valence-corrected chi connectivity index (χ3v) is 5.50. The fourth-order valence-electron chi connectivity index (χ4n) is 2.10. The topological polar surface area (TPSA) is 17.1 Å². The second kappa shape index (κ2) is 2.52. The molecule has 62 valence electrons. The van der Waals surface area contributed by atoms with Crippen LogP contribution in [0.2, 0.25) is 0 Å². The van der Waals surface area contributed by atoms with Gasteiger partial charge in [-0.2, -0.15) is 0 Å². The van der Waals surface area contributed by atoms with Crippen molar-refractivity contribution in [3.63, 3.8) is 0 Å². The maximum Gasteiger partial charge on any atom is 0.256 e. The Bertz CT molecular complexity index is 245. The largest absolute Gasteiger partial charge is 0.289 e. The van der Waals surface area contributed by atoms with Crippen LogP contribution in [0.25, 0.3) is 0 Å². The van der Waals surface area contributed by atoms with Gasteiger partial charge in [0.1, 0.15) is 0 Å². The third kappa shape index (κ3) is 1.39. The summed E-state index contributed by atoms with van der Waals surface area (Å²) >= 11 is 11.2. The second-order valence-corrected chi connectivity index (χ2v) is 8.55. The number of halogens is 2. The Morgan fingerprint density at radius 3 is 2.27 bits per heavy atom. The Labute approximate surface area is 75.7 Å². The normalized spacial score (nSPS) is 41.8. The van der Waals surface area contributed by atoms with Crippen molar-refractivity contribution in [1.82, 2.24) is 0 Å². The van der Waals surface area contributed by atoms with Gasteiger partial charge in [-0.05, 0) is 47.2 Å². The minimum atomic E-state index is -2.86. The summed E-state index contributed by atoms with van der Waals surface area (Å²) in [6.07, 6.45) is 6.32. The van der Waals surface area contributed by atoms with Gasteiger partial charge in [-0.15, -0.1) is 0 Å². The fraction of sp³-hybridized carbons (Fsp3) is 0.714. The van der Waals surface area contributed by atoms with E-state index < -0.39 is 5.85 Å². The van der Waals surface area contributed by atoms with Gasteiger partial charge < -0.3 is 0 Å². The molecule has 2 aliphatic rings. The molecule has 1 nitrogen and oxygen atoms in total. The summed E-state index contributed by atoms with van der Waals surface area (Å²) in [5.74, 6) is -1.88. The van der Waals surface area contributed by atoms with E-state index in [2.05, 4.69) is 12.2 Å². The summed E-state index contributed by atoms with van der Waals surface area (Å²) in [6.45, 7) is 0. The Hall–Kier alpha value is 0.550. The van der Waals surface area contributed by atoms with E-state index in [0.29, 0.717) is 11.8 Å². The smallest absolute Gasteiger partial charge is 0.256 e. The Morgan fingerprint density at radius 1 is 1.27 bits per heavy atom. The van der Waals surface area contributed by atoms with Crippen molar-refractivity contribution < 1.29 is 4.57 Å². The summed E-state index contributed by atoms with van der Waals surface area (Å²) < 4.78 is 11.3. The predicted molar refractivity (Wildman–Crippen MR) is 48.5 cm³/mol. The average molecular weight is 211 g/mol. The predicted octanol–water partition coefficient (Wildman–Crippen LogP) is 3.62. The molecule has 0 amide bonds. The molecule has 4 heteroatoms. The molecule has 2 aliphatic carbocycles. The molecule has 2 bridgehead atoms. The molecule has 1 saturated carbocycles. The van der Waals surface area contributed by atoms with Crippen LogP contribution in [0.1, 0.15) is 12.8 Å². The van der Waals surface area contributed by atoms with E-state index in [1.54, 1.807) is 0 Å². The SMILES string of the molecule is O=P(Cl)(Cl)C1C[C@H]2C=C[C@@H]1C2. The molecule has 2 rings (SSSR count). The lowest BCUT2D eigenvalue weighted by Crippen LogP contribution is -2.09. The van der Waals surface area contributed by atoms with Crippen molar-refractivity contribution in [2.45, 2.75) is 18.5 Å². The van der Waals surface area contributed by atoms with Crippen molar-refractivity contribution >= 4 is 28.3 Å². The average Bonchev–Trinajstić information content (AvgIpc) is 2.42. The monoisotopic (exact) mass is 210 g/mol. The van der Waals surface area contributed by atoms with Crippen LogP contribution in [0.15, 0.2) is 12.2 Å². The molecule has 0 aromatic carbocycles. The molecule has 0 aromatic heterocycles. The molecule has 0 aliphatic heterocycles. The standard InChI is InChI=1S/C7H9Cl2OP/c8-11(9,10)7-4-5-1-2-6(7)3-5/h1-2,5-7H,3-4H2/t5-,6+,7?/m0/s1. The molecule has 0 spiro atoms. The Balaban J connectivity index is 2.21. The highest BCUT2D eigenvalue weighted by molar-refractivity contribution is 8.09. The molecule has 0 heterocycles. The van der Waals surface area contributed by atoms with Crippen LogP contribution in [-0.4, -0.2) is 5.66 Å². The molecule has 0 N–H and O–H groups in total. The first-order valence-electron chi connectivity index (χ1n) is 3.75. The van der Waals surface area contributed by atoms with Crippen molar-refractivity contribution in [3.05, 3.63) is 12.2 Å². The van der Waals surface area contributed by atoms with Gasteiger partial charge in [0, 0.05) is 5.66 Å². The van der Waals surface area contributed by atoms with Crippen LogP contribution in [-0.2, 0) is 4.57 Å². The zero-order valence-corrected chi connectivity index (χ0v) is 8.32. The number of allylic oxidation sites excluding steroid dienone is 2. The van der Waals surface area contributed by atoms with Gasteiger partial charge in [-0.3, -0.25) is 4.57 Å². The summed E-state index contributed by atoms with van der Waals surface area (Å²) in [4.78, 5) is 0. The van der Waals surface area contributed by atoms with Crippen molar-refractivity contribution in [2.24, 2.45) is 11.8 Å². The highest BCUT2D eigenvalue weighted by Crippen LogP contribution is 2.68. The minimum absolute atomic E-state index is 0.0424. The van der Waals surface area contributed by atoms with Gasteiger partial charge in [0.2, 0.25) is 0 Å². The highest BCUT2D eigenvalue weighted by atomic mass is 35.9. The molecule has 1 fully saturated rings. The Kier molecular flexibility index (Phi) is 1.87. The van der Waals surface area contributed by atoms with Gasteiger partial charge in [0.05, 0.1) is 0 Å². The van der Waals surface area contributed by atoms with E-state index in [1.807, 2.05) is 0 Å². The van der Waals surface area contributed by atoms with E-state index in [9.17, 15) is 4.57 Å². The van der Waals surface area contributed by atoms with Crippen LogP contribution in [0.4, 0.5) is 0 Å². The first-order chi connectivity index (χ1) is 5.07. The molecule has 11 heavy (non-hydrogen) atoms. The lowest BCUT2D eigenvalue weighted by Gasteiger charge is -2.17. The van der Waals surface area contributed by atoms with Crippen molar-refractivity contribution in [1.29, 1.82) is 0 Å². The maximum absolute atomic E-state index is 11.3. The van der Waals surface area contributed by atoms with Gasteiger partial charge in [0.15, 0.2) is 0 Å². The molecule has 3 atom stereocenters. The van der Waals surface area contributed by atoms with E-state index >= 15 is 0 Å². The highest BCUT2D eigenvalue weighted by Gasteiger charge is 2.44. The summed E-state index contributed by atoms with van der Waals surface area (Å²) in [7, 11) is 0. The van der Waals surface area contributed by atoms with Gasteiger partial charge in [-0.1, -0.05) is 12.2 Å². The first kappa shape index (κ1) is 8.16. The molecule has 0 saturated heterocycles. The molecular formula is C7H9Cl2OP. The Morgan fingerprint density at radius 2 is 2.00 bits per heavy atom. The number of hydrogen-bond donors (Lipinski definition) is 0. The lowest BCUT2D eigenvalue weighted by molar-refractivity contribution is 0.571. The van der Waals surface area contributed by atoms with E-state index in [1.165, 1.54) is 0 Å². The lowest BCUT2D eigenvalue weighted by atomic mass is 10.1. The first-order valence-corrected chi connectivity index (χ1v) is 7.33. The number of rotatable bonds is 1. The summed E-state index contributed by atoms with van der Waals surface area (Å²) in [5.41, 5.74) is 0.0424. The van der Waals surface area contributed by atoms with Crippen LogP contribution >= 0.6 is 28.3 Å². The zero-order chi connectivity index (χ0) is 8.06. The van der Waals surface area contributed by atoms with Crippen molar-refractivity contribution in [2.75, 3.05) is 0 Å². The van der Waals surface area contributed by atoms with Crippen LogP contribution in [0, 0.1) is 11.8 Å².